The molecule has 6 N–H and O–H groups in total. The van der Waals surface area contributed by atoms with Crippen LogP contribution in [0.25, 0.3) is 11.2 Å². The molecule has 0 bridgehead atoms. The minimum absolute atomic E-state index is 0.132. The summed E-state index contributed by atoms with van der Waals surface area (Å²) in [7, 11) is 1.58. The zero-order valence-corrected chi connectivity index (χ0v) is 16.0. The number of nitrogens with zero attached hydrogens (tertiary/aromatic N) is 5. The first-order chi connectivity index (χ1) is 14.5. The minimum Gasteiger partial charge on any atom is -0.497 e. The van der Waals surface area contributed by atoms with Crippen LogP contribution in [0.5, 0.6) is 5.75 Å². The third-order valence-corrected chi connectivity index (χ3v) is 4.77. The van der Waals surface area contributed by atoms with Gasteiger partial charge in [-0.1, -0.05) is 0 Å². The number of ether oxygens (including phenoxy) is 2. The highest BCUT2D eigenvalue weighted by atomic mass is 16.6. The molecule has 0 amide bonds. The number of aliphatic hydroxyl groups is 3. The van der Waals surface area contributed by atoms with Crippen molar-refractivity contribution in [3.63, 3.8) is 0 Å². The van der Waals surface area contributed by atoms with E-state index in [-0.39, 0.29) is 22.9 Å². The molecular weight excluding hydrogens is 394 g/mol. The molecule has 3 heterocycles. The molecule has 0 unspecified atom stereocenters. The van der Waals surface area contributed by atoms with E-state index in [1.165, 1.54) is 10.9 Å². The van der Waals surface area contributed by atoms with E-state index in [1.54, 1.807) is 25.5 Å². The second-order valence-corrected chi connectivity index (χ2v) is 6.61. The van der Waals surface area contributed by atoms with Gasteiger partial charge >= 0.3 is 0 Å². The number of anilines is 2. The summed E-state index contributed by atoms with van der Waals surface area (Å²) in [5.74, 6) is 1.02. The standard InChI is InChI=1S/C18H21N7O5/c1-29-10-4-2-9(3-5-10)6-22-24-18-23-12-15(19)20-8-21-16(12)25(18)17-14(28)13(27)11(7-26)30-17/h2-6,8,11,13-14,17,26-28H,7H2,1H3,(H,23,24)(H2,19,20,21)/b22-6-/t11-,13+,14+,17-/m0/s1. The Bertz CT molecular complexity index is 1060. The number of hydrazone groups is 1. The van der Waals surface area contributed by atoms with Crippen molar-refractivity contribution in [3.05, 3.63) is 36.2 Å². The van der Waals surface area contributed by atoms with E-state index >= 15 is 0 Å². The van der Waals surface area contributed by atoms with Crippen LogP contribution < -0.4 is 15.9 Å². The predicted octanol–water partition coefficient (Wildman–Crippen LogP) is -0.525. The van der Waals surface area contributed by atoms with E-state index in [9.17, 15) is 15.3 Å². The molecule has 158 valence electrons. The van der Waals surface area contributed by atoms with E-state index in [0.29, 0.717) is 0 Å². The van der Waals surface area contributed by atoms with Crippen LogP contribution in [0.15, 0.2) is 35.7 Å². The fourth-order valence-electron chi connectivity index (χ4n) is 3.19. The number of hydrogen-bond acceptors (Lipinski definition) is 11. The van der Waals surface area contributed by atoms with Gasteiger partial charge in [0, 0.05) is 0 Å². The summed E-state index contributed by atoms with van der Waals surface area (Å²) in [5.41, 5.74) is 10.0. The molecule has 0 aliphatic carbocycles. The van der Waals surface area contributed by atoms with E-state index in [4.69, 9.17) is 15.2 Å². The van der Waals surface area contributed by atoms with Gasteiger partial charge in [0.2, 0.25) is 5.95 Å². The first-order valence-electron chi connectivity index (χ1n) is 9.07. The number of aliphatic hydroxyl groups excluding tert-OH is 3. The Labute approximate surface area is 170 Å². The molecule has 1 fully saturated rings. The Hall–Kier alpha value is -3.32. The molecule has 1 aliphatic rings. The quantitative estimate of drug-likeness (QED) is 0.260. The number of nitrogens with two attached hydrogens (primary N) is 1. The van der Waals surface area contributed by atoms with Crippen molar-refractivity contribution < 1.29 is 24.8 Å². The van der Waals surface area contributed by atoms with Crippen molar-refractivity contribution in [1.29, 1.82) is 0 Å². The average molecular weight is 415 g/mol. The number of methoxy groups -OCH3 is 1. The third kappa shape index (κ3) is 3.52. The maximum atomic E-state index is 10.4. The van der Waals surface area contributed by atoms with E-state index in [1.807, 2.05) is 12.1 Å². The van der Waals surface area contributed by atoms with Gasteiger partial charge in [0.1, 0.15) is 30.4 Å². The van der Waals surface area contributed by atoms with Gasteiger partial charge < -0.3 is 30.5 Å². The van der Waals surface area contributed by atoms with Gasteiger partial charge in [0.15, 0.2) is 23.2 Å². The van der Waals surface area contributed by atoms with Crippen LogP contribution in [0.2, 0.25) is 0 Å². The number of hydrogen-bond donors (Lipinski definition) is 5. The summed E-state index contributed by atoms with van der Waals surface area (Å²) in [5, 5.41) is 34.1. The minimum atomic E-state index is -1.33. The molecule has 0 saturated carbocycles. The first-order valence-corrected chi connectivity index (χ1v) is 9.07. The number of benzene rings is 1. The lowest BCUT2D eigenvalue weighted by Crippen LogP contribution is -2.33. The Morgan fingerprint density at radius 3 is 2.70 bits per heavy atom. The van der Waals surface area contributed by atoms with Gasteiger partial charge in [-0.15, -0.1) is 0 Å². The first kappa shape index (κ1) is 20.0. The maximum absolute atomic E-state index is 10.4. The van der Waals surface area contributed by atoms with Crippen molar-refractivity contribution in [2.24, 2.45) is 5.10 Å². The highest BCUT2D eigenvalue weighted by molar-refractivity contribution is 5.84. The number of imidazole rings is 1. The molecule has 1 saturated heterocycles. The second kappa shape index (κ2) is 8.20. The van der Waals surface area contributed by atoms with E-state index in [0.717, 1.165) is 11.3 Å². The number of nitrogens with one attached hydrogen (secondary N) is 1. The highest BCUT2D eigenvalue weighted by Crippen LogP contribution is 2.35. The summed E-state index contributed by atoms with van der Waals surface area (Å²) in [6, 6.07) is 7.24. The number of nitrogen functional groups attached to an aromatic ring is 1. The summed E-state index contributed by atoms with van der Waals surface area (Å²) < 4.78 is 12.2. The monoisotopic (exact) mass is 415 g/mol. The summed E-state index contributed by atoms with van der Waals surface area (Å²) in [4.78, 5) is 12.4. The summed E-state index contributed by atoms with van der Waals surface area (Å²) >= 11 is 0. The molecule has 4 atom stereocenters. The lowest BCUT2D eigenvalue weighted by molar-refractivity contribution is -0.0501. The molecule has 12 nitrogen and oxygen atoms in total. The van der Waals surface area contributed by atoms with E-state index < -0.39 is 31.1 Å². The second-order valence-electron chi connectivity index (χ2n) is 6.61. The molecule has 4 rings (SSSR count). The van der Waals surface area contributed by atoms with Crippen LogP contribution in [0.3, 0.4) is 0 Å². The maximum Gasteiger partial charge on any atom is 0.228 e. The third-order valence-electron chi connectivity index (χ3n) is 4.77. The topological polar surface area (TPSA) is 173 Å². The molecule has 30 heavy (non-hydrogen) atoms. The fourth-order valence-corrected chi connectivity index (χ4v) is 3.19. The SMILES string of the molecule is COc1ccc(/C=N\Nc2nc3c(N)ncnc3n2[C@H]2O[C@@H](CO)[C@@H](O)[C@H]2O)cc1. The van der Waals surface area contributed by atoms with Gasteiger partial charge in [0.25, 0.3) is 0 Å². The number of aromatic nitrogens is 4. The Balaban J connectivity index is 1.68. The Kier molecular flexibility index (Phi) is 5.46. The molecule has 3 aromatic rings. The van der Waals surface area contributed by atoms with Gasteiger partial charge in [-0.25, -0.2) is 20.4 Å². The zero-order valence-electron chi connectivity index (χ0n) is 16.0. The van der Waals surface area contributed by atoms with Crippen molar-refractivity contribution in [2.45, 2.75) is 24.5 Å². The molecule has 1 aromatic carbocycles. The number of rotatable bonds is 6. The lowest BCUT2D eigenvalue weighted by atomic mass is 10.1. The highest BCUT2D eigenvalue weighted by Gasteiger charge is 2.45. The van der Waals surface area contributed by atoms with Gasteiger partial charge in [-0.2, -0.15) is 5.10 Å². The largest absolute Gasteiger partial charge is 0.497 e. The van der Waals surface area contributed by atoms with Crippen LogP contribution in [0.4, 0.5) is 11.8 Å². The zero-order chi connectivity index (χ0) is 21.3. The van der Waals surface area contributed by atoms with Crippen molar-refractivity contribution in [3.8, 4) is 5.75 Å². The van der Waals surface area contributed by atoms with Crippen LogP contribution in [0.1, 0.15) is 11.8 Å². The van der Waals surface area contributed by atoms with Gasteiger partial charge in [0.05, 0.1) is 19.9 Å². The number of fused-ring (bicyclic) bond motifs is 1. The molecule has 1 aliphatic heterocycles. The van der Waals surface area contributed by atoms with Crippen LogP contribution in [-0.2, 0) is 4.74 Å². The van der Waals surface area contributed by atoms with Crippen molar-refractivity contribution >= 4 is 29.1 Å². The van der Waals surface area contributed by atoms with Gasteiger partial charge in [-0.05, 0) is 29.8 Å². The predicted molar refractivity (Wildman–Crippen MR) is 107 cm³/mol. The molecule has 2 aromatic heterocycles. The Morgan fingerprint density at radius 2 is 2.03 bits per heavy atom. The van der Waals surface area contributed by atoms with Crippen LogP contribution in [0, 0.1) is 0 Å². The van der Waals surface area contributed by atoms with Crippen LogP contribution in [-0.4, -0.2) is 73.1 Å². The van der Waals surface area contributed by atoms with Crippen molar-refractivity contribution in [1.82, 2.24) is 19.5 Å². The average Bonchev–Trinajstić information content (AvgIpc) is 3.26. The molecular formula is C18H21N7O5. The molecule has 0 radical (unpaired) electrons. The van der Waals surface area contributed by atoms with Crippen LogP contribution >= 0.6 is 0 Å². The van der Waals surface area contributed by atoms with Crippen molar-refractivity contribution in [2.75, 3.05) is 24.9 Å². The fraction of sp³-hybridized carbons (Fsp3) is 0.333. The summed E-state index contributed by atoms with van der Waals surface area (Å²) in [6.07, 6.45) is -1.83. The van der Waals surface area contributed by atoms with E-state index in [2.05, 4.69) is 25.5 Å². The summed E-state index contributed by atoms with van der Waals surface area (Å²) in [6.45, 7) is -0.461. The Morgan fingerprint density at radius 1 is 1.27 bits per heavy atom. The smallest absolute Gasteiger partial charge is 0.228 e. The molecule has 12 heteroatoms. The normalized spacial score (nSPS) is 24.0. The molecule has 0 spiro atoms. The van der Waals surface area contributed by atoms with Gasteiger partial charge in [-0.3, -0.25) is 4.57 Å². The lowest BCUT2D eigenvalue weighted by Gasteiger charge is -2.18.